The van der Waals surface area contributed by atoms with E-state index in [0.29, 0.717) is 22.2 Å². The van der Waals surface area contributed by atoms with Gasteiger partial charge in [0.05, 0.1) is 11.1 Å². The first kappa shape index (κ1) is 16.1. The van der Waals surface area contributed by atoms with Gasteiger partial charge in [-0.2, -0.15) is 0 Å². The Bertz CT molecular complexity index is 438. The van der Waals surface area contributed by atoms with E-state index in [0.717, 1.165) is 0 Å². The summed E-state index contributed by atoms with van der Waals surface area (Å²) in [6, 6.07) is 4.68. The van der Waals surface area contributed by atoms with Gasteiger partial charge in [-0.25, -0.2) is 0 Å². The second-order valence-electron chi connectivity index (χ2n) is 4.42. The Balaban J connectivity index is 2.41. The molecule has 19 heavy (non-hydrogen) atoms. The molecule has 0 fully saturated rings. The molecule has 1 amide bonds. The topological polar surface area (TPSA) is 58.6 Å². The second kappa shape index (κ2) is 7.58. The summed E-state index contributed by atoms with van der Waals surface area (Å²) in [6.45, 7) is 3.36. The lowest BCUT2D eigenvalue weighted by molar-refractivity contribution is -0.123. The number of nitrogens with one attached hydrogen (secondary N) is 1. The number of hydrogen-bond acceptors (Lipinski definition) is 3. The van der Waals surface area contributed by atoms with E-state index in [4.69, 9.17) is 27.9 Å². The average molecular weight is 306 g/mol. The Labute approximate surface area is 122 Å². The Morgan fingerprint density at radius 1 is 1.42 bits per heavy atom. The van der Waals surface area contributed by atoms with Gasteiger partial charge in [0.2, 0.25) is 0 Å². The Morgan fingerprint density at radius 2 is 2.11 bits per heavy atom. The van der Waals surface area contributed by atoms with E-state index in [1.165, 1.54) is 0 Å². The molecule has 106 valence electrons. The van der Waals surface area contributed by atoms with Gasteiger partial charge in [0.1, 0.15) is 5.75 Å². The molecule has 0 spiro atoms. The Kier molecular flexibility index (Phi) is 6.42. The molecule has 2 atom stereocenters. The molecule has 0 aromatic heterocycles. The fourth-order valence-electron chi connectivity index (χ4n) is 1.62. The number of carbonyl (C=O) groups excluding carboxylic acids is 1. The van der Waals surface area contributed by atoms with Gasteiger partial charge in [-0.05, 0) is 38.5 Å². The summed E-state index contributed by atoms with van der Waals surface area (Å²) in [7, 11) is 0. The number of carbonyl (C=O) groups is 1. The highest BCUT2D eigenvalue weighted by Crippen LogP contribution is 2.27. The van der Waals surface area contributed by atoms with E-state index >= 15 is 0 Å². The highest BCUT2D eigenvalue weighted by Gasteiger charge is 2.11. The summed E-state index contributed by atoms with van der Waals surface area (Å²) in [5.41, 5.74) is 0. The summed E-state index contributed by atoms with van der Waals surface area (Å²) in [5, 5.41) is 12.8. The smallest absolute Gasteiger partial charge is 0.258 e. The number of amides is 1. The van der Waals surface area contributed by atoms with Gasteiger partial charge < -0.3 is 15.2 Å². The van der Waals surface area contributed by atoms with Crippen LogP contribution in [0.2, 0.25) is 10.0 Å². The van der Waals surface area contributed by atoms with E-state index < -0.39 is 6.10 Å². The lowest BCUT2D eigenvalue weighted by atomic mass is 10.1. The number of hydrogen-bond donors (Lipinski definition) is 2. The fourth-order valence-corrected chi connectivity index (χ4v) is 2.09. The summed E-state index contributed by atoms with van der Waals surface area (Å²) in [5.74, 6) is 0.142. The van der Waals surface area contributed by atoms with Crippen LogP contribution in [0.4, 0.5) is 0 Å². The molecule has 0 saturated heterocycles. The van der Waals surface area contributed by atoms with Crippen molar-refractivity contribution in [1.82, 2.24) is 5.32 Å². The van der Waals surface area contributed by atoms with Gasteiger partial charge in [-0.15, -0.1) is 0 Å². The molecular formula is C13H17Cl2NO3. The van der Waals surface area contributed by atoms with E-state index in [-0.39, 0.29) is 18.6 Å². The number of halogens is 2. The standard InChI is InChI=1S/C13H17Cl2NO3/c1-8(5-9(2)17)16-13(18)7-19-12-4-3-10(14)6-11(12)15/h3-4,6,8-9,17H,5,7H2,1-2H3,(H,16,18). The third-order valence-electron chi connectivity index (χ3n) is 2.35. The lowest BCUT2D eigenvalue weighted by Crippen LogP contribution is -2.37. The van der Waals surface area contributed by atoms with Gasteiger partial charge in [0, 0.05) is 11.1 Å². The number of rotatable bonds is 6. The van der Waals surface area contributed by atoms with Crippen molar-refractivity contribution in [2.75, 3.05) is 6.61 Å². The van der Waals surface area contributed by atoms with Crippen molar-refractivity contribution in [3.8, 4) is 5.75 Å². The van der Waals surface area contributed by atoms with Gasteiger partial charge in [0.25, 0.3) is 5.91 Å². The van der Waals surface area contributed by atoms with Gasteiger partial charge in [-0.1, -0.05) is 23.2 Å². The third kappa shape index (κ3) is 6.14. The molecule has 0 aliphatic carbocycles. The van der Waals surface area contributed by atoms with Gasteiger partial charge in [0.15, 0.2) is 6.61 Å². The molecule has 0 bridgehead atoms. The van der Waals surface area contributed by atoms with Crippen molar-refractivity contribution in [2.45, 2.75) is 32.4 Å². The van der Waals surface area contributed by atoms with Crippen LogP contribution >= 0.6 is 23.2 Å². The van der Waals surface area contributed by atoms with Crippen LogP contribution in [0.25, 0.3) is 0 Å². The van der Waals surface area contributed by atoms with Crippen LogP contribution in [-0.4, -0.2) is 29.8 Å². The molecule has 0 radical (unpaired) electrons. The molecule has 2 N–H and O–H groups in total. The molecule has 0 heterocycles. The summed E-state index contributed by atoms with van der Waals surface area (Å²) >= 11 is 11.7. The monoisotopic (exact) mass is 305 g/mol. The van der Waals surface area contributed by atoms with E-state index in [1.54, 1.807) is 25.1 Å². The second-order valence-corrected chi connectivity index (χ2v) is 5.26. The fraction of sp³-hybridized carbons (Fsp3) is 0.462. The Morgan fingerprint density at radius 3 is 2.68 bits per heavy atom. The molecule has 1 rings (SSSR count). The molecule has 0 aliphatic heterocycles. The predicted octanol–water partition coefficient (Wildman–Crippen LogP) is 2.65. The number of aliphatic hydroxyl groups is 1. The van der Waals surface area contributed by atoms with Crippen molar-refractivity contribution in [2.24, 2.45) is 0 Å². The quantitative estimate of drug-likeness (QED) is 0.849. The van der Waals surface area contributed by atoms with Crippen LogP contribution in [0.5, 0.6) is 5.75 Å². The van der Waals surface area contributed by atoms with Crippen molar-refractivity contribution >= 4 is 29.1 Å². The maximum absolute atomic E-state index is 11.6. The summed E-state index contributed by atoms with van der Waals surface area (Å²) < 4.78 is 5.29. The minimum absolute atomic E-state index is 0.114. The first-order valence-corrected chi connectivity index (χ1v) is 6.69. The largest absolute Gasteiger partial charge is 0.482 e. The molecule has 1 aromatic rings. The lowest BCUT2D eigenvalue weighted by Gasteiger charge is -2.15. The van der Waals surface area contributed by atoms with Crippen LogP contribution in [0, 0.1) is 0 Å². The van der Waals surface area contributed by atoms with Crippen molar-refractivity contribution in [1.29, 1.82) is 0 Å². The van der Waals surface area contributed by atoms with Crippen LogP contribution in [0.15, 0.2) is 18.2 Å². The van der Waals surface area contributed by atoms with Gasteiger partial charge in [-0.3, -0.25) is 4.79 Å². The zero-order valence-corrected chi connectivity index (χ0v) is 12.3. The maximum atomic E-state index is 11.6. The molecule has 6 heteroatoms. The predicted molar refractivity (Wildman–Crippen MR) is 75.9 cm³/mol. The van der Waals surface area contributed by atoms with E-state index in [9.17, 15) is 9.90 Å². The molecule has 0 saturated carbocycles. The number of benzene rings is 1. The SMILES string of the molecule is CC(O)CC(C)NC(=O)COc1ccc(Cl)cc1Cl. The Hall–Kier alpha value is -0.970. The highest BCUT2D eigenvalue weighted by molar-refractivity contribution is 6.35. The summed E-state index contributed by atoms with van der Waals surface area (Å²) in [6.07, 6.45) is 0.0369. The zero-order valence-electron chi connectivity index (χ0n) is 10.8. The number of ether oxygens (including phenoxy) is 1. The summed E-state index contributed by atoms with van der Waals surface area (Å²) in [4.78, 5) is 11.6. The van der Waals surface area contributed by atoms with Crippen molar-refractivity contribution < 1.29 is 14.6 Å². The number of aliphatic hydroxyl groups excluding tert-OH is 1. The zero-order chi connectivity index (χ0) is 14.4. The average Bonchev–Trinajstić information content (AvgIpc) is 2.26. The highest BCUT2D eigenvalue weighted by atomic mass is 35.5. The third-order valence-corrected chi connectivity index (χ3v) is 2.89. The van der Waals surface area contributed by atoms with Crippen LogP contribution in [0.3, 0.4) is 0 Å². The van der Waals surface area contributed by atoms with E-state index in [2.05, 4.69) is 5.32 Å². The van der Waals surface area contributed by atoms with Crippen LogP contribution in [-0.2, 0) is 4.79 Å². The first-order valence-electron chi connectivity index (χ1n) is 5.93. The maximum Gasteiger partial charge on any atom is 0.258 e. The van der Waals surface area contributed by atoms with Crippen LogP contribution < -0.4 is 10.1 Å². The van der Waals surface area contributed by atoms with Gasteiger partial charge >= 0.3 is 0 Å². The van der Waals surface area contributed by atoms with Crippen molar-refractivity contribution in [3.63, 3.8) is 0 Å². The molecule has 1 aromatic carbocycles. The first-order chi connectivity index (χ1) is 8.88. The van der Waals surface area contributed by atoms with Crippen molar-refractivity contribution in [3.05, 3.63) is 28.2 Å². The molecule has 4 nitrogen and oxygen atoms in total. The molecule has 0 aliphatic rings. The van der Waals surface area contributed by atoms with Crippen LogP contribution in [0.1, 0.15) is 20.3 Å². The minimum atomic E-state index is -0.457. The van der Waals surface area contributed by atoms with E-state index in [1.807, 2.05) is 6.92 Å². The minimum Gasteiger partial charge on any atom is -0.482 e. The molecule has 2 unspecified atom stereocenters. The molecular weight excluding hydrogens is 289 g/mol. The normalized spacial score (nSPS) is 13.7.